The molecule has 0 saturated heterocycles. The third kappa shape index (κ3) is 8.93. The molecular formula is C21H33N3O6. The molecule has 0 rings (SSSR count). The Labute approximate surface area is 177 Å². The molecule has 0 aliphatic heterocycles. The van der Waals surface area contributed by atoms with Crippen LogP contribution >= 0.6 is 0 Å². The number of esters is 1. The summed E-state index contributed by atoms with van der Waals surface area (Å²) in [7, 11) is 1.20. The summed E-state index contributed by atoms with van der Waals surface area (Å²) in [4.78, 5) is 49.4. The van der Waals surface area contributed by atoms with Gasteiger partial charge in [-0.3, -0.25) is 14.9 Å². The molecule has 0 radical (unpaired) electrons. The molecule has 9 heteroatoms. The largest absolute Gasteiger partial charge is 0.464 e. The van der Waals surface area contributed by atoms with Crippen LogP contribution in [0.2, 0.25) is 0 Å². The van der Waals surface area contributed by atoms with Crippen molar-refractivity contribution >= 4 is 23.9 Å². The number of amides is 3. The molecule has 0 saturated carbocycles. The molecule has 0 fully saturated rings. The van der Waals surface area contributed by atoms with Gasteiger partial charge < -0.3 is 20.1 Å². The monoisotopic (exact) mass is 423 g/mol. The van der Waals surface area contributed by atoms with Crippen LogP contribution in [0.25, 0.3) is 0 Å². The van der Waals surface area contributed by atoms with Crippen molar-refractivity contribution in [3.63, 3.8) is 0 Å². The van der Waals surface area contributed by atoms with E-state index in [4.69, 9.17) is 4.74 Å². The molecule has 0 heterocycles. The average Bonchev–Trinajstić information content (AvgIpc) is 2.58. The molecule has 0 aromatic rings. The van der Waals surface area contributed by atoms with Gasteiger partial charge in [0, 0.05) is 0 Å². The smallest absolute Gasteiger partial charge is 0.412 e. The molecule has 168 valence electrons. The molecule has 0 atom stereocenters. The lowest BCUT2D eigenvalue weighted by Gasteiger charge is -2.21. The molecule has 30 heavy (non-hydrogen) atoms. The first-order chi connectivity index (χ1) is 13.6. The molecule has 3 N–H and O–H groups in total. The van der Waals surface area contributed by atoms with Crippen LogP contribution < -0.4 is 16.0 Å². The van der Waals surface area contributed by atoms with E-state index in [1.807, 2.05) is 0 Å². The highest BCUT2D eigenvalue weighted by molar-refractivity contribution is 6.06. The summed E-state index contributed by atoms with van der Waals surface area (Å²) in [6.07, 6.45) is -0.797. The first-order valence-electron chi connectivity index (χ1n) is 9.34. The van der Waals surface area contributed by atoms with Crippen molar-refractivity contribution < 1.29 is 28.7 Å². The maximum Gasteiger partial charge on any atom is 0.412 e. The summed E-state index contributed by atoms with van der Waals surface area (Å²) in [5, 5.41) is 7.36. The van der Waals surface area contributed by atoms with Crippen LogP contribution in [0.5, 0.6) is 0 Å². The normalized spacial score (nSPS) is 10.2. The maximum absolute atomic E-state index is 12.8. The quantitative estimate of drug-likeness (QED) is 0.446. The second kappa shape index (κ2) is 11.2. The fourth-order valence-electron chi connectivity index (χ4n) is 2.06. The third-order valence-electron chi connectivity index (χ3n) is 3.45. The van der Waals surface area contributed by atoms with Gasteiger partial charge in [0.15, 0.2) is 0 Å². The summed E-state index contributed by atoms with van der Waals surface area (Å²) in [5.74, 6) is -2.11. The molecule has 0 aromatic heterocycles. The Morgan fingerprint density at radius 3 is 1.33 bits per heavy atom. The van der Waals surface area contributed by atoms with E-state index in [2.05, 4.69) is 20.7 Å². The minimum atomic E-state index is -0.797. The van der Waals surface area contributed by atoms with Crippen LogP contribution in [0.1, 0.15) is 62.3 Å². The van der Waals surface area contributed by atoms with E-state index in [-0.39, 0.29) is 17.1 Å². The Morgan fingerprint density at radius 1 is 0.633 bits per heavy atom. The number of allylic oxidation sites excluding steroid dienone is 3. The second-order valence-electron chi connectivity index (χ2n) is 8.15. The van der Waals surface area contributed by atoms with Crippen molar-refractivity contribution in [1.82, 2.24) is 16.0 Å². The van der Waals surface area contributed by atoms with Crippen LogP contribution in [0, 0.1) is 0 Å². The number of nitrogens with one attached hydrogen (secondary N) is 3. The van der Waals surface area contributed by atoms with E-state index < -0.39 is 29.5 Å². The SMILES string of the molecule is COC(=O)C(NC(=O)C(NC(=O)C(NC(=O)OC(C)(C)C)=C(C)C)=C(C)C)=C(C)C. The highest BCUT2D eigenvalue weighted by Crippen LogP contribution is 2.10. The summed E-state index contributed by atoms with van der Waals surface area (Å²) in [6, 6.07) is 0. The van der Waals surface area contributed by atoms with Crippen LogP contribution in [0.3, 0.4) is 0 Å². The minimum absolute atomic E-state index is 0.0233. The molecule has 3 amide bonds. The number of hydrogen-bond donors (Lipinski definition) is 3. The number of carbonyl (C=O) groups is 4. The zero-order chi connectivity index (χ0) is 23.8. The lowest BCUT2D eigenvalue weighted by Crippen LogP contribution is -2.42. The van der Waals surface area contributed by atoms with Crippen molar-refractivity contribution in [3.8, 4) is 0 Å². The Bertz CT molecular complexity index is 801. The van der Waals surface area contributed by atoms with Gasteiger partial charge >= 0.3 is 12.1 Å². The van der Waals surface area contributed by atoms with Crippen molar-refractivity contribution in [3.05, 3.63) is 33.8 Å². The number of hydrogen-bond acceptors (Lipinski definition) is 6. The van der Waals surface area contributed by atoms with Crippen molar-refractivity contribution in [2.45, 2.75) is 67.9 Å². The van der Waals surface area contributed by atoms with E-state index in [0.717, 1.165) is 0 Å². The fourth-order valence-corrected chi connectivity index (χ4v) is 2.06. The molecule has 0 spiro atoms. The van der Waals surface area contributed by atoms with E-state index >= 15 is 0 Å². The minimum Gasteiger partial charge on any atom is -0.464 e. The predicted molar refractivity (Wildman–Crippen MR) is 113 cm³/mol. The van der Waals surface area contributed by atoms with Gasteiger partial charge in [0.2, 0.25) is 0 Å². The zero-order valence-electron chi connectivity index (χ0n) is 19.4. The summed E-state index contributed by atoms with van der Waals surface area (Å²) in [5.41, 5.74) is 0.651. The summed E-state index contributed by atoms with van der Waals surface area (Å²) in [6.45, 7) is 14.9. The van der Waals surface area contributed by atoms with Gasteiger partial charge in [0.1, 0.15) is 22.7 Å². The van der Waals surface area contributed by atoms with Gasteiger partial charge in [-0.2, -0.15) is 0 Å². The van der Waals surface area contributed by atoms with Crippen LogP contribution in [0.15, 0.2) is 33.8 Å². The van der Waals surface area contributed by atoms with E-state index in [0.29, 0.717) is 16.7 Å². The van der Waals surface area contributed by atoms with Crippen LogP contribution in [-0.4, -0.2) is 36.6 Å². The van der Waals surface area contributed by atoms with E-state index in [1.54, 1.807) is 62.3 Å². The molecule has 0 aliphatic carbocycles. The first kappa shape index (κ1) is 26.9. The highest BCUT2D eigenvalue weighted by atomic mass is 16.6. The van der Waals surface area contributed by atoms with E-state index in [1.165, 1.54) is 7.11 Å². The van der Waals surface area contributed by atoms with Crippen molar-refractivity contribution in [2.24, 2.45) is 0 Å². The maximum atomic E-state index is 12.8. The number of alkyl carbamates (subject to hydrolysis) is 1. The van der Waals surface area contributed by atoms with Gasteiger partial charge in [-0.1, -0.05) is 0 Å². The Hall–Kier alpha value is -3.10. The van der Waals surface area contributed by atoms with Crippen LogP contribution in [0.4, 0.5) is 4.79 Å². The fraction of sp³-hybridized carbons (Fsp3) is 0.524. The third-order valence-corrected chi connectivity index (χ3v) is 3.45. The molecular weight excluding hydrogens is 390 g/mol. The predicted octanol–water partition coefficient (Wildman–Crippen LogP) is 2.80. The zero-order valence-corrected chi connectivity index (χ0v) is 19.4. The van der Waals surface area contributed by atoms with Gasteiger partial charge in [0.25, 0.3) is 11.8 Å². The topological polar surface area (TPSA) is 123 Å². The summed E-state index contributed by atoms with van der Waals surface area (Å²) >= 11 is 0. The molecule has 9 nitrogen and oxygen atoms in total. The molecule has 0 unspecified atom stereocenters. The number of methoxy groups -OCH3 is 1. The number of ether oxygens (including phenoxy) is 2. The van der Waals surface area contributed by atoms with Gasteiger partial charge in [-0.05, 0) is 79.0 Å². The molecule has 0 bridgehead atoms. The first-order valence-corrected chi connectivity index (χ1v) is 9.34. The average molecular weight is 424 g/mol. The Morgan fingerprint density at radius 2 is 1.00 bits per heavy atom. The van der Waals surface area contributed by atoms with E-state index in [9.17, 15) is 19.2 Å². The number of carbonyl (C=O) groups excluding carboxylic acids is 4. The van der Waals surface area contributed by atoms with Crippen molar-refractivity contribution in [2.75, 3.05) is 7.11 Å². The molecule has 0 aromatic carbocycles. The second-order valence-corrected chi connectivity index (χ2v) is 8.15. The Kier molecular flexibility index (Phi) is 10.0. The lowest BCUT2D eigenvalue weighted by atomic mass is 10.2. The van der Waals surface area contributed by atoms with Gasteiger partial charge in [-0.25, -0.2) is 9.59 Å². The Balaban J connectivity index is 5.64. The number of rotatable bonds is 6. The van der Waals surface area contributed by atoms with Gasteiger partial charge in [0.05, 0.1) is 7.11 Å². The standard InChI is InChI=1S/C21H33N3O6/c1-11(2)14(17(25)23-16(13(5)6)19(27)29-10)22-18(26)15(12(3)4)24-20(28)30-21(7,8)9/h1-10H3,(H,22,26)(H,23,25)(H,24,28). The summed E-state index contributed by atoms with van der Waals surface area (Å²) < 4.78 is 9.84. The molecule has 0 aliphatic rings. The van der Waals surface area contributed by atoms with Gasteiger partial charge in [-0.15, -0.1) is 0 Å². The van der Waals surface area contributed by atoms with Crippen molar-refractivity contribution in [1.29, 1.82) is 0 Å². The lowest BCUT2D eigenvalue weighted by molar-refractivity contribution is -0.137. The van der Waals surface area contributed by atoms with Crippen LogP contribution in [-0.2, 0) is 23.9 Å². The highest BCUT2D eigenvalue weighted by Gasteiger charge is 2.24.